The van der Waals surface area contributed by atoms with Crippen LogP contribution in [0.1, 0.15) is 22.7 Å². The first-order chi connectivity index (χ1) is 11.4. The lowest BCUT2D eigenvalue weighted by atomic mass is 10.1. The van der Waals surface area contributed by atoms with Crippen LogP contribution >= 0.6 is 0 Å². The van der Waals surface area contributed by atoms with Gasteiger partial charge in [-0.05, 0) is 18.6 Å². The van der Waals surface area contributed by atoms with Gasteiger partial charge in [-0.1, -0.05) is 17.3 Å². The fourth-order valence-corrected chi connectivity index (χ4v) is 2.41. The maximum atomic E-state index is 12.5. The molecule has 0 bridgehead atoms. The lowest BCUT2D eigenvalue weighted by molar-refractivity contribution is -0.159. The summed E-state index contributed by atoms with van der Waals surface area (Å²) < 4.78 is 46.9. The minimum atomic E-state index is -4.69. The fraction of sp³-hybridized carbons (Fsp3) is 0.400. The quantitative estimate of drug-likeness (QED) is 0.858. The van der Waals surface area contributed by atoms with Crippen molar-refractivity contribution in [3.05, 3.63) is 35.7 Å². The number of halogens is 3. The fourth-order valence-electron chi connectivity index (χ4n) is 2.41. The molecule has 128 valence electrons. The van der Waals surface area contributed by atoms with E-state index >= 15 is 0 Å². The molecule has 1 amide bonds. The summed E-state index contributed by atoms with van der Waals surface area (Å²) in [5.74, 6) is -1.77. The molecular formula is C15H14F3N3O3. The number of hydrogen-bond acceptors (Lipinski definition) is 5. The van der Waals surface area contributed by atoms with E-state index in [0.717, 1.165) is 6.42 Å². The third-order valence-corrected chi connectivity index (χ3v) is 3.83. The van der Waals surface area contributed by atoms with Crippen molar-refractivity contribution in [2.75, 3.05) is 20.3 Å². The second kappa shape index (κ2) is 6.23. The summed E-state index contributed by atoms with van der Waals surface area (Å²) in [5.41, 5.74) is 0.755. The van der Waals surface area contributed by atoms with Gasteiger partial charge in [0.05, 0.1) is 12.6 Å². The molecule has 1 atom stereocenters. The van der Waals surface area contributed by atoms with Gasteiger partial charge < -0.3 is 14.2 Å². The van der Waals surface area contributed by atoms with Crippen LogP contribution in [0.5, 0.6) is 0 Å². The Morgan fingerprint density at radius 3 is 2.54 bits per heavy atom. The first-order valence-corrected chi connectivity index (χ1v) is 7.22. The maximum absolute atomic E-state index is 12.5. The van der Waals surface area contributed by atoms with E-state index in [-0.39, 0.29) is 17.8 Å². The van der Waals surface area contributed by atoms with E-state index in [1.807, 2.05) is 0 Å². The molecule has 2 aromatic rings. The smallest absolute Gasteiger partial charge is 0.379 e. The monoisotopic (exact) mass is 341 g/mol. The molecule has 0 N–H and O–H groups in total. The number of amides is 1. The van der Waals surface area contributed by atoms with Crippen molar-refractivity contribution in [1.82, 2.24) is 15.0 Å². The first kappa shape index (κ1) is 16.4. The predicted molar refractivity (Wildman–Crippen MR) is 76.1 cm³/mol. The van der Waals surface area contributed by atoms with Gasteiger partial charge in [0.1, 0.15) is 0 Å². The van der Waals surface area contributed by atoms with Gasteiger partial charge in [-0.25, -0.2) is 0 Å². The Kier molecular flexibility index (Phi) is 4.27. The number of alkyl halides is 3. The van der Waals surface area contributed by atoms with E-state index in [0.29, 0.717) is 24.3 Å². The van der Waals surface area contributed by atoms with Crippen LogP contribution < -0.4 is 0 Å². The normalized spacial score (nSPS) is 17.9. The molecule has 24 heavy (non-hydrogen) atoms. The molecular weight excluding hydrogens is 327 g/mol. The van der Waals surface area contributed by atoms with Gasteiger partial charge in [0, 0.05) is 24.8 Å². The van der Waals surface area contributed by atoms with E-state index in [1.165, 1.54) is 24.3 Å². The number of aromatic nitrogens is 2. The zero-order valence-corrected chi connectivity index (χ0v) is 12.7. The van der Waals surface area contributed by atoms with Crippen LogP contribution in [-0.4, -0.2) is 47.3 Å². The Morgan fingerprint density at radius 2 is 2.00 bits per heavy atom. The van der Waals surface area contributed by atoms with Gasteiger partial charge in [-0.15, -0.1) is 0 Å². The van der Waals surface area contributed by atoms with Crippen LogP contribution in [-0.2, 0) is 10.9 Å². The van der Waals surface area contributed by atoms with Crippen molar-refractivity contribution in [2.45, 2.75) is 18.6 Å². The van der Waals surface area contributed by atoms with Gasteiger partial charge in [0.15, 0.2) is 0 Å². The second-order valence-corrected chi connectivity index (χ2v) is 5.43. The summed E-state index contributed by atoms with van der Waals surface area (Å²) in [6.07, 6.45) is -3.91. The molecule has 0 radical (unpaired) electrons. The summed E-state index contributed by atoms with van der Waals surface area (Å²) >= 11 is 0. The number of hydrogen-bond donors (Lipinski definition) is 0. The van der Waals surface area contributed by atoms with Gasteiger partial charge >= 0.3 is 12.1 Å². The van der Waals surface area contributed by atoms with Crippen LogP contribution in [0.3, 0.4) is 0 Å². The average molecular weight is 341 g/mol. The number of ether oxygens (including phenoxy) is 1. The summed E-state index contributed by atoms with van der Waals surface area (Å²) in [7, 11) is 1.70. The maximum Gasteiger partial charge on any atom is 0.471 e. The van der Waals surface area contributed by atoms with Crippen molar-refractivity contribution in [3.8, 4) is 11.4 Å². The lowest BCUT2D eigenvalue weighted by Crippen LogP contribution is -2.37. The van der Waals surface area contributed by atoms with Crippen molar-refractivity contribution >= 4 is 5.91 Å². The van der Waals surface area contributed by atoms with Gasteiger partial charge in [0.25, 0.3) is 5.91 Å². The van der Waals surface area contributed by atoms with Crippen LogP contribution in [0.2, 0.25) is 0 Å². The highest BCUT2D eigenvalue weighted by atomic mass is 19.4. The van der Waals surface area contributed by atoms with E-state index in [9.17, 15) is 18.0 Å². The minimum absolute atomic E-state index is 0.0312. The number of carbonyl (C=O) groups excluding carboxylic acids is 1. The van der Waals surface area contributed by atoms with Crippen LogP contribution in [0, 0.1) is 0 Å². The molecule has 0 unspecified atom stereocenters. The highest BCUT2D eigenvalue weighted by Gasteiger charge is 2.38. The Labute approximate surface area is 135 Å². The van der Waals surface area contributed by atoms with Gasteiger partial charge in [-0.3, -0.25) is 4.79 Å². The summed E-state index contributed by atoms with van der Waals surface area (Å²) in [6, 6.07) is 6.04. The lowest BCUT2D eigenvalue weighted by Gasteiger charge is -2.23. The van der Waals surface area contributed by atoms with Crippen LogP contribution in [0.15, 0.2) is 28.8 Å². The molecule has 6 nitrogen and oxygen atoms in total. The third kappa shape index (κ3) is 3.25. The number of benzene rings is 1. The summed E-state index contributed by atoms with van der Waals surface area (Å²) in [6.45, 7) is 1.13. The van der Waals surface area contributed by atoms with Crippen LogP contribution in [0.25, 0.3) is 11.4 Å². The highest BCUT2D eigenvalue weighted by Crippen LogP contribution is 2.29. The van der Waals surface area contributed by atoms with Crippen LogP contribution in [0.4, 0.5) is 13.2 Å². The summed E-state index contributed by atoms with van der Waals surface area (Å²) in [4.78, 5) is 17.3. The molecule has 1 aromatic heterocycles. The van der Waals surface area contributed by atoms with Crippen molar-refractivity contribution < 1.29 is 27.2 Å². The molecule has 1 aliphatic rings. The highest BCUT2D eigenvalue weighted by molar-refractivity contribution is 5.94. The number of nitrogens with zero attached hydrogens (tertiary/aromatic N) is 3. The molecule has 0 aliphatic carbocycles. The number of carbonyl (C=O) groups is 1. The molecule has 0 saturated carbocycles. The average Bonchev–Trinajstić information content (AvgIpc) is 3.24. The Hall–Kier alpha value is -2.42. The van der Waals surface area contributed by atoms with E-state index in [4.69, 9.17) is 4.74 Å². The predicted octanol–water partition coefficient (Wildman–Crippen LogP) is 2.62. The summed E-state index contributed by atoms with van der Waals surface area (Å²) in [5, 5.41) is 3.31. The zero-order chi connectivity index (χ0) is 17.3. The topological polar surface area (TPSA) is 68.5 Å². The molecule has 9 heteroatoms. The molecule has 1 saturated heterocycles. The Morgan fingerprint density at radius 1 is 1.29 bits per heavy atom. The number of rotatable bonds is 3. The Bertz CT molecular complexity index is 722. The van der Waals surface area contributed by atoms with E-state index in [1.54, 1.807) is 11.9 Å². The molecule has 1 fully saturated rings. The van der Waals surface area contributed by atoms with Gasteiger partial charge in [-0.2, -0.15) is 18.2 Å². The van der Waals surface area contributed by atoms with E-state index in [2.05, 4.69) is 14.7 Å². The zero-order valence-electron chi connectivity index (χ0n) is 12.7. The molecule has 3 rings (SSSR count). The van der Waals surface area contributed by atoms with Crippen molar-refractivity contribution in [3.63, 3.8) is 0 Å². The molecule has 2 heterocycles. The largest absolute Gasteiger partial charge is 0.471 e. The Balaban J connectivity index is 1.75. The standard InChI is InChI=1S/C15H14F3N3O3/c1-21(11-6-7-23-8-11)13(22)10-4-2-9(3-5-10)12-19-14(24-20-12)15(16,17)18/h2-5,11H,6-8H2,1H3/t11-/m1/s1. The minimum Gasteiger partial charge on any atom is -0.379 e. The number of likely N-dealkylation sites (N-methyl/N-ethyl adjacent to an activating group) is 1. The third-order valence-electron chi connectivity index (χ3n) is 3.83. The van der Waals surface area contributed by atoms with Gasteiger partial charge in [0.2, 0.25) is 5.82 Å². The molecule has 0 spiro atoms. The molecule has 1 aromatic carbocycles. The van der Waals surface area contributed by atoms with Crippen molar-refractivity contribution in [2.24, 2.45) is 0 Å². The van der Waals surface area contributed by atoms with Crippen molar-refractivity contribution in [1.29, 1.82) is 0 Å². The first-order valence-electron chi connectivity index (χ1n) is 7.22. The molecule has 1 aliphatic heterocycles. The van der Waals surface area contributed by atoms with E-state index < -0.39 is 12.1 Å². The second-order valence-electron chi connectivity index (χ2n) is 5.43. The SMILES string of the molecule is CN(C(=O)c1ccc(-c2noc(C(F)(F)F)n2)cc1)[C@@H]1CCOC1.